The van der Waals surface area contributed by atoms with Crippen molar-refractivity contribution in [2.45, 2.75) is 45.1 Å². The summed E-state index contributed by atoms with van der Waals surface area (Å²) in [6.45, 7) is 5.95. The number of amides is 1. The molecule has 1 heterocycles. The van der Waals surface area contributed by atoms with Crippen molar-refractivity contribution in [1.29, 1.82) is 0 Å². The third-order valence-electron chi connectivity index (χ3n) is 4.80. The van der Waals surface area contributed by atoms with Crippen LogP contribution in [0.5, 0.6) is 0 Å². The lowest BCUT2D eigenvalue weighted by molar-refractivity contribution is 0.0919. The molecule has 0 bridgehead atoms. The molecule has 1 aromatic heterocycles. The first kappa shape index (κ1) is 16.5. The second kappa shape index (κ2) is 7.04. The molecule has 3 rings (SSSR count). The molecule has 0 atom stereocenters. The van der Waals surface area contributed by atoms with Crippen LogP contribution in [-0.4, -0.2) is 11.9 Å². The zero-order chi connectivity index (χ0) is 17.1. The van der Waals surface area contributed by atoms with Crippen LogP contribution in [0.4, 0.5) is 0 Å². The van der Waals surface area contributed by atoms with E-state index in [1.54, 1.807) is 12.1 Å². The maximum absolute atomic E-state index is 12.5. The normalized spacial score (nSPS) is 20.7. The van der Waals surface area contributed by atoms with Crippen molar-refractivity contribution in [3.05, 3.63) is 58.5 Å². The van der Waals surface area contributed by atoms with Crippen LogP contribution in [0.25, 0.3) is 11.0 Å². The van der Waals surface area contributed by atoms with E-state index < -0.39 is 5.63 Å². The molecule has 0 spiro atoms. The van der Waals surface area contributed by atoms with Crippen molar-refractivity contribution in [3.8, 4) is 0 Å². The first-order valence-electron chi connectivity index (χ1n) is 8.56. The molecule has 1 saturated carbocycles. The minimum atomic E-state index is -0.583. The standard InChI is InChI=1S/C20H23NO3/c1-3-5-14-6-4-7-15-12-17(20(23)24-18(14)15)19(22)21-16-10-8-13(2)9-11-16/h3-4,6-7,12-13,16H,1,5,8-11H2,2H3,(H,21,22). The number of allylic oxidation sites excluding steroid dienone is 1. The molecule has 1 aromatic carbocycles. The van der Waals surface area contributed by atoms with Gasteiger partial charge in [0.25, 0.3) is 5.91 Å². The molecule has 4 heteroatoms. The number of nitrogens with one attached hydrogen (secondary N) is 1. The molecule has 1 aliphatic carbocycles. The maximum Gasteiger partial charge on any atom is 0.349 e. The van der Waals surface area contributed by atoms with Gasteiger partial charge in [-0.1, -0.05) is 31.2 Å². The van der Waals surface area contributed by atoms with Crippen LogP contribution in [0.3, 0.4) is 0 Å². The van der Waals surface area contributed by atoms with Gasteiger partial charge < -0.3 is 9.73 Å². The predicted octanol–water partition coefficient (Wildman–Crippen LogP) is 3.83. The lowest BCUT2D eigenvalue weighted by atomic mass is 9.87. The predicted molar refractivity (Wildman–Crippen MR) is 95.3 cm³/mol. The van der Waals surface area contributed by atoms with E-state index in [-0.39, 0.29) is 17.5 Å². The van der Waals surface area contributed by atoms with Crippen LogP contribution in [0.15, 0.2) is 46.1 Å². The third kappa shape index (κ3) is 3.42. The number of benzene rings is 1. The molecule has 1 fully saturated rings. The Morgan fingerprint density at radius 3 is 2.79 bits per heavy atom. The van der Waals surface area contributed by atoms with Gasteiger partial charge >= 0.3 is 5.63 Å². The Morgan fingerprint density at radius 2 is 2.08 bits per heavy atom. The third-order valence-corrected chi connectivity index (χ3v) is 4.80. The number of carbonyl (C=O) groups excluding carboxylic acids is 1. The van der Waals surface area contributed by atoms with Gasteiger partial charge in [-0.2, -0.15) is 0 Å². The molecule has 1 aliphatic rings. The number of rotatable bonds is 4. The number of carbonyl (C=O) groups is 1. The topological polar surface area (TPSA) is 59.3 Å². The Kier molecular flexibility index (Phi) is 4.84. The van der Waals surface area contributed by atoms with Crippen molar-refractivity contribution < 1.29 is 9.21 Å². The summed E-state index contributed by atoms with van der Waals surface area (Å²) in [4.78, 5) is 24.8. The van der Waals surface area contributed by atoms with Gasteiger partial charge in [0.05, 0.1) is 0 Å². The monoisotopic (exact) mass is 325 g/mol. The van der Waals surface area contributed by atoms with Gasteiger partial charge in [-0.3, -0.25) is 4.79 Å². The number of fused-ring (bicyclic) bond motifs is 1. The van der Waals surface area contributed by atoms with Gasteiger partial charge in [-0.25, -0.2) is 4.79 Å². The fourth-order valence-electron chi connectivity index (χ4n) is 3.35. The molecule has 2 aromatic rings. The summed E-state index contributed by atoms with van der Waals surface area (Å²) < 4.78 is 5.44. The van der Waals surface area contributed by atoms with E-state index in [1.165, 1.54) is 0 Å². The summed E-state index contributed by atoms with van der Waals surface area (Å²) in [6.07, 6.45) is 6.54. The summed E-state index contributed by atoms with van der Waals surface area (Å²) in [5.74, 6) is 0.381. The molecule has 0 saturated heterocycles. The molecular weight excluding hydrogens is 302 g/mol. The van der Waals surface area contributed by atoms with E-state index in [2.05, 4.69) is 18.8 Å². The summed E-state index contributed by atoms with van der Waals surface area (Å²) in [5.41, 5.74) is 0.927. The van der Waals surface area contributed by atoms with Crippen molar-refractivity contribution in [2.75, 3.05) is 0 Å². The van der Waals surface area contributed by atoms with E-state index in [4.69, 9.17) is 4.42 Å². The minimum absolute atomic E-state index is 0.0804. The van der Waals surface area contributed by atoms with Crippen LogP contribution in [-0.2, 0) is 6.42 Å². The van der Waals surface area contributed by atoms with E-state index in [0.717, 1.165) is 36.6 Å². The van der Waals surface area contributed by atoms with Crippen molar-refractivity contribution in [3.63, 3.8) is 0 Å². The molecular formula is C20H23NO3. The quantitative estimate of drug-likeness (QED) is 0.686. The number of para-hydroxylation sites is 1. The molecule has 0 unspecified atom stereocenters. The lowest BCUT2D eigenvalue weighted by Crippen LogP contribution is -2.39. The Hall–Kier alpha value is -2.36. The van der Waals surface area contributed by atoms with Gasteiger partial charge in [0.2, 0.25) is 0 Å². The smallest absolute Gasteiger partial charge is 0.349 e. The fraction of sp³-hybridized carbons (Fsp3) is 0.400. The van der Waals surface area contributed by atoms with Gasteiger partial charge in [0.15, 0.2) is 0 Å². The average molecular weight is 325 g/mol. The SMILES string of the molecule is C=CCc1cccc2cc(C(=O)NC3CCC(C)CC3)c(=O)oc12. The van der Waals surface area contributed by atoms with Crippen molar-refractivity contribution in [1.82, 2.24) is 5.32 Å². The maximum atomic E-state index is 12.5. The summed E-state index contributed by atoms with van der Waals surface area (Å²) in [7, 11) is 0. The zero-order valence-electron chi connectivity index (χ0n) is 14.0. The van der Waals surface area contributed by atoms with Gasteiger partial charge in [0, 0.05) is 11.4 Å². The summed E-state index contributed by atoms with van der Waals surface area (Å²) in [5, 5.41) is 3.75. The minimum Gasteiger partial charge on any atom is -0.422 e. The second-order valence-corrected chi connectivity index (χ2v) is 6.71. The van der Waals surface area contributed by atoms with E-state index in [9.17, 15) is 9.59 Å². The van der Waals surface area contributed by atoms with Gasteiger partial charge in [0.1, 0.15) is 11.1 Å². The highest BCUT2D eigenvalue weighted by Gasteiger charge is 2.22. The van der Waals surface area contributed by atoms with Crippen molar-refractivity contribution in [2.24, 2.45) is 5.92 Å². The zero-order valence-corrected chi connectivity index (χ0v) is 14.0. The second-order valence-electron chi connectivity index (χ2n) is 6.71. The van der Waals surface area contributed by atoms with Gasteiger partial charge in [-0.15, -0.1) is 6.58 Å². The molecule has 1 amide bonds. The largest absolute Gasteiger partial charge is 0.422 e. The molecule has 4 nitrogen and oxygen atoms in total. The highest BCUT2D eigenvalue weighted by Crippen LogP contribution is 2.24. The van der Waals surface area contributed by atoms with Gasteiger partial charge in [-0.05, 0) is 49.7 Å². The Balaban J connectivity index is 1.86. The van der Waals surface area contributed by atoms with E-state index in [1.807, 2.05) is 18.2 Å². The van der Waals surface area contributed by atoms with E-state index >= 15 is 0 Å². The van der Waals surface area contributed by atoms with Crippen LogP contribution in [0.2, 0.25) is 0 Å². The van der Waals surface area contributed by atoms with Crippen LogP contribution < -0.4 is 10.9 Å². The molecule has 24 heavy (non-hydrogen) atoms. The Morgan fingerprint density at radius 1 is 1.33 bits per heavy atom. The first-order valence-corrected chi connectivity index (χ1v) is 8.56. The van der Waals surface area contributed by atoms with Crippen LogP contribution in [0.1, 0.15) is 48.5 Å². The average Bonchev–Trinajstić information content (AvgIpc) is 2.57. The summed E-state index contributed by atoms with van der Waals surface area (Å²) >= 11 is 0. The highest BCUT2D eigenvalue weighted by atomic mass is 16.4. The van der Waals surface area contributed by atoms with Crippen LogP contribution in [0, 0.1) is 5.92 Å². The fourth-order valence-corrected chi connectivity index (χ4v) is 3.35. The van der Waals surface area contributed by atoms with Crippen molar-refractivity contribution >= 4 is 16.9 Å². The highest BCUT2D eigenvalue weighted by molar-refractivity contribution is 5.97. The van der Waals surface area contributed by atoms with E-state index in [0.29, 0.717) is 17.9 Å². The lowest BCUT2D eigenvalue weighted by Gasteiger charge is -2.26. The molecule has 0 radical (unpaired) electrons. The molecule has 1 N–H and O–H groups in total. The Bertz CT molecular complexity index is 813. The van der Waals surface area contributed by atoms with Crippen LogP contribution >= 0.6 is 0 Å². The summed E-state index contributed by atoms with van der Waals surface area (Å²) in [6, 6.07) is 7.43. The molecule has 0 aliphatic heterocycles. The molecule has 126 valence electrons. The number of hydrogen-bond acceptors (Lipinski definition) is 3. The number of hydrogen-bond donors (Lipinski definition) is 1. The first-order chi connectivity index (χ1) is 11.6. The Labute approximate surface area is 141 Å².